The van der Waals surface area contributed by atoms with E-state index >= 15 is 0 Å². The fraction of sp³-hybridized carbons (Fsp3) is 0.571. The summed E-state index contributed by atoms with van der Waals surface area (Å²) in [5.74, 6) is -0.370. The first-order chi connectivity index (χ1) is 8.81. The Kier molecular flexibility index (Phi) is 4.68. The van der Waals surface area contributed by atoms with Gasteiger partial charge in [0.2, 0.25) is 0 Å². The molecule has 0 spiro atoms. The molecule has 0 bridgehead atoms. The van der Waals surface area contributed by atoms with Gasteiger partial charge in [-0.25, -0.2) is 0 Å². The average Bonchev–Trinajstić information content (AvgIpc) is 2.46. The molecule has 0 amide bonds. The van der Waals surface area contributed by atoms with Crippen LogP contribution in [0.25, 0.3) is 0 Å². The number of pyridine rings is 1. The van der Waals surface area contributed by atoms with E-state index < -0.39 is 6.10 Å². The van der Waals surface area contributed by atoms with Crippen molar-refractivity contribution in [1.29, 1.82) is 5.26 Å². The molecule has 1 aliphatic heterocycles. The van der Waals surface area contributed by atoms with Crippen molar-refractivity contribution in [1.82, 2.24) is 9.88 Å². The molecule has 4 nitrogen and oxygen atoms in total. The van der Waals surface area contributed by atoms with Gasteiger partial charge in [0.1, 0.15) is 0 Å². The smallest absolute Gasteiger partial charge is 0.0961 e. The normalized spacial score (nSPS) is 20.0. The summed E-state index contributed by atoms with van der Waals surface area (Å²) in [5.41, 5.74) is 0.772. The van der Waals surface area contributed by atoms with E-state index in [4.69, 9.17) is 0 Å². The summed E-state index contributed by atoms with van der Waals surface area (Å²) < 4.78 is 0. The van der Waals surface area contributed by atoms with Crippen LogP contribution in [0.5, 0.6) is 0 Å². The highest BCUT2D eigenvalue weighted by molar-refractivity contribution is 5.16. The Hall–Kier alpha value is -1.44. The van der Waals surface area contributed by atoms with E-state index in [-0.39, 0.29) is 5.92 Å². The number of aliphatic hydroxyl groups is 1. The van der Waals surface area contributed by atoms with Crippen molar-refractivity contribution in [2.24, 2.45) is 5.92 Å². The van der Waals surface area contributed by atoms with Crippen LogP contribution in [0.15, 0.2) is 24.5 Å². The van der Waals surface area contributed by atoms with Gasteiger partial charge in [-0.2, -0.15) is 5.26 Å². The molecular formula is C14H19N3O. The molecule has 1 aliphatic rings. The molecule has 4 heteroatoms. The van der Waals surface area contributed by atoms with Crippen molar-refractivity contribution in [3.63, 3.8) is 0 Å². The van der Waals surface area contributed by atoms with Crippen molar-refractivity contribution in [3.8, 4) is 6.07 Å². The number of piperidine rings is 1. The Balaban J connectivity index is 1.98. The van der Waals surface area contributed by atoms with E-state index in [2.05, 4.69) is 16.0 Å². The van der Waals surface area contributed by atoms with Crippen LogP contribution in [0.3, 0.4) is 0 Å². The quantitative estimate of drug-likeness (QED) is 0.877. The van der Waals surface area contributed by atoms with E-state index in [0.29, 0.717) is 6.54 Å². The Morgan fingerprint density at radius 3 is 2.56 bits per heavy atom. The van der Waals surface area contributed by atoms with Gasteiger partial charge >= 0.3 is 0 Å². The minimum absolute atomic E-state index is 0.370. The van der Waals surface area contributed by atoms with Crippen LogP contribution in [0.2, 0.25) is 0 Å². The third-order valence-corrected chi connectivity index (χ3v) is 3.50. The van der Waals surface area contributed by atoms with Crippen LogP contribution >= 0.6 is 0 Å². The summed E-state index contributed by atoms with van der Waals surface area (Å²) in [5, 5.41) is 19.5. The fourth-order valence-electron chi connectivity index (χ4n) is 2.42. The number of likely N-dealkylation sites (tertiary alicyclic amines) is 1. The molecule has 0 unspecified atom stereocenters. The Morgan fingerprint density at radius 2 is 1.94 bits per heavy atom. The van der Waals surface area contributed by atoms with Gasteiger partial charge < -0.3 is 10.0 Å². The number of nitriles is 1. The second kappa shape index (κ2) is 6.48. The van der Waals surface area contributed by atoms with Crippen LogP contribution in [-0.2, 0) is 0 Å². The van der Waals surface area contributed by atoms with Gasteiger partial charge in [-0.15, -0.1) is 0 Å². The predicted octanol–water partition coefficient (Wildman–Crippen LogP) is 1.74. The SMILES string of the molecule is N#C[C@@H](CN1CCCCC1)[C@H](O)c1ccncc1. The van der Waals surface area contributed by atoms with Gasteiger partial charge in [-0.05, 0) is 43.6 Å². The van der Waals surface area contributed by atoms with Crippen LogP contribution in [0.1, 0.15) is 30.9 Å². The van der Waals surface area contributed by atoms with Crippen molar-refractivity contribution in [2.75, 3.05) is 19.6 Å². The summed E-state index contributed by atoms with van der Waals surface area (Å²) >= 11 is 0. The molecular weight excluding hydrogens is 226 g/mol. The number of aliphatic hydroxyl groups excluding tert-OH is 1. The molecule has 0 aliphatic carbocycles. The summed E-state index contributed by atoms with van der Waals surface area (Å²) in [4.78, 5) is 6.20. The zero-order chi connectivity index (χ0) is 12.8. The summed E-state index contributed by atoms with van der Waals surface area (Å²) in [6, 6.07) is 5.77. The minimum atomic E-state index is -0.722. The first-order valence-corrected chi connectivity index (χ1v) is 6.51. The largest absolute Gasteiger partial charge is 0.387 e. The van der Waals surface area contributed by atoms with Gasteiger partial charge in [0.15, 0.2) is 0 Å². The predicted molar refractivity (Wildman–Crippen MR) is 68.6 cm³/mol. The number of aromatic nitrogens is 1. The monoisotopic (exact) mass is 245 g/mol. The van der Waals surface area contributed by atoms with Crippen molar-refractivity contribution in [3.05, 3.63) is 30.1 Å². The van der Waals surface area contributed by atoms with Gasteiger partial charge in [0, 0.05) is 18.9 Å². The third-order valence-electron chi connectivity index (χ3n) is 3.50. The van der Waals surface area contributed by atoms with Gasteiger partial charge in [-0.3, -0.25) is 4.98 Å². The second-order valence-corrected chi connectivity index (χ2v) is 4.82. The molecule has 1 N–H and O–H groups in total. The molecule has 0 radical (unpaired) electrons. The van der Waals surface area contributed by atoms with E-state index in [1.807, 2.05) is 0 Å². The first-order valence-electron chi connectivity index (χ1n) is 6.51. The summed E-state index contributed by atoms with van der Waals surface area (Å²) in [7, 11) is 0. The first kappa shape index (κ1) is 13.0. The molecule has 2 heterocycles. The molecule has 1 aromatic rings. The molecule has 96 valence electrons. The minimum Gasteiger partial charge on any atom is -0.387 e. The molecule has 1 fully saturated rings. The van der Waals surface area contributed by atoms with Crippen molar-refractivity contribution >= 4 is 0 Å². The van der Waals surface area contributed by atoms with Crippen LogP contribution < -0.4 is 0 Å². The van der Waals surface area contributed by atoms with Crippen molar-refractivity contribution < 1.29 is 5.11 Å². The zero-order valence-electron chi connectivity index (χ0n) is 10.5. The van der Waals surface area contributed by atoms with Gasteiger partial charge in [0.25, 0.3) is 0 Å². The molecule has 18 heavy (non-hydrogen) atoms. The molecule has 0 saturated carbocycles. The molecule has 1 aromatic heterocycles. The maximum absolute atomic E-state index is 10.2. The highest BCUT2D eigenvalue weighted by atomic mass is 16.3. The number of hydrogen-bond donors (Lipinski definition) is 1. The lowest BCUT2D eigenvalue weighted by molar-refractivity contribution is 0.0989. The topological polar surface area (TPSA) is 60.2 Å². The van der Waals surface area contributed by atoms with E-state index in [1.54, 1.807) is 24.5 Å². The standard InChI is InChI=1S/C14H19N3O/c15-10-13(11-17-8-2-1-3-9-17)14(18)12-4-6-16-7-5-12/h4-7,13-14,18H,1-3,8-9,11H2/t13-,14+/m0/s1. The van der Waals surface area contributed by atoms with E-state index in [9.17, 15) is 10.4 Å². The Labute approximate surface area is 108 Å². The molecule has 0 aromatic carbocycles. The number of nitrogens with zero attached hydrogens (tertiary/aromatic N) is 3. The van der Waals surface area contributed by atoms with Crippen LogP contribution in [-0.4, -0.2) is 34.6 Å². The Morgan fingerprint density at radius 1 is 1.28 bits per heavy atom. The average molecular weight is 245 g/mol. The number of rotatable bonds is 4. The lowest BCUT2D eigenvalue weighted by atomic mass is 9.96. The molecule has 1 saturated heterocycles. The van der Waals surface area contributed by atoms with Crippen molar-refractivity contribution in [2.45, 2.75) is 25.4 Å². The zero-order valence-corrected chi connectivity index (χ0v) is 10.5. The maximum Gasteiger partial charge on any atom is 0.0961 e. The van der Waals surface area contributed by atoms with Crippen LogP contribution in [0.4, 0.5) is 0 Å². The van der Waals surface area contributed by atoms with E-state index in [1.165, 1.54) is 19.3 Å². The van der Waals surface area contributed by atoms with Gasteiger partial charge in [0.05, 0.1) is 18.1 Å². The van der Waals surface area contributed by atoms with Crippen LogP contribution in [0, 0.1) is 17.2 Å². The maximum atomic E-state index is 10.2. The molecule has 2 rings (SSSR count). The molecule has 2 atom stereocenters. The third kappa shape index (κ3) is 3.28. The summed E-state index contributed by atoms with van der Waals surface area (Å²) in [6.45, 7) is 2.74. The fourth-order valence-corrected chi connectivity index (χ4v) is 2.42. The summed E-state index contributed by atoms with van der Waals surface area (Å²) in [6.07, 6.45) is 6.25. The van der Waals surface area contributed by atoms with E-state index in [0.717, 1.165) is 18.7 Å². The van der Waals surface area contributed by atoms with Gasteiger partial charge in [-0.1, -0.05) is 6.42 Å². The lowest BCUT2D eigenvalue weighted by Gasteiger charge is -2.29. The number of hydrogen-bond acceptors (Lipinski definition) is 4. The highest BCUT2D eigenvalue weighted by Gasteiger charge is 2.24. The highest BCUT2D eigenvalue weighted by Crippen LogP contribution is 2.23. The lowest BCUT2D eigenvalue weighted by Crippen LogP contribution is -2.35. The Bertz CT molecular complexity index is 395. The second-order valence-electron chi connectivity index (χ2n) is 4.82.